The molecule has 0 radical (unpaired) electrons. The van der Waals surface area contributed by atoms with Crippen molar-refractivity contribution in [2.75, 3.05) is 6.54 Å². The Balaban J connectivity index is 1.97. The van der Waals surface area contributed by atoms with Gasteiger partial charge in [-0.15, -0.1) is 0 Å². The summed E-state index contributed by atoms with van der Waals surface area (Å²) in [6.07, 6.45) is -3.23. The van der Waals surface area contributed by atoms with E-state index in [-0.39, 0.29) is 18.9 Å². The van der Waals surface area contributed by atoms with Gasteiger partial charge in [0.05, 0.1) is 17.7 Å². The molecule has 2 heterocycles. The molecule has 1 aromatic carbocycles. The summed E-state index contributed by atoms with van der Waals surface area (Å²) in [5, 5.41) is 10.0. The molecule has 25 heavy (non-hydrogen) atoms. The van der Waals surface area contributed by atoms with Crippen LogP contribution >= 0.6 is 0 Å². The number of likely N-dealkylation sites (tertiary alicyclic amines) is 1. The van der Waals surface area contributed by atoms with E-state index in [2.05, 4.69) is 0 Å². The number of nitrogens with zero attached hydrogens (tertiary/aromatic N) is 2. The van der Waals surface area contributed by atoms with Gasteiger partial charge in [-0.1, -0.05) is 12.1 Å². The summed E-state index contributed by atoms with van der Waals surface area (Å²) in [6.45, 7) is 1.91. The van der Waals surface area contributed by atoms with Crippen molar-refractivity contribution in [3.63, 3.8) is 0 Å². The third kappa shape index (κ3) is 3.28. The Bertz CT molecular complexity index is 778. The zero-order chi connectivity index (χ0) is 18.4. The average molecular weight is 352 g/mol. The molecular weight excluding hydrogens is 333 g/mol. The van der Waals surface area contributed by atoms with Gasteiger partial charge in [-0.05, 0) is 42.7 Å². The minimum Gasteiger partial charge on any atom is -0.391 e. The average Bonchev–Trinajstić information content (AvgIpc) is 3.09. The van der Waals surface area contributed by atoms with Crippen molar-refractivity contribution in [3.8, 4) is 0 Å². The van der Waals surface area contributed by atoms with E-state index in [1.165, 1.54) is 11.0 Å². The molecule has 1 saturated heterocycles. The molecule has 2 atom stereocenters. The second kappa shape index (κ2) is 6.22. The van der Waals surface area contributed by atoms with E-state index >= 15 is 0 Å². The Morgan fingerprint density at radius 2 is 2.00 bits per heavy atom. The maximum atomic E-state index is 13.0. The van der Waals surface area contributed by atoms with Gasteiger partial charge in [0, 0.05) is 19.8 Å². The highest BCUT2D eigenvalue weighted by Gasteiger charge is 2.38. The molecule has 2 aromatic rings. The highest BCUT2D eigenvalue weighted by Crippen LogP contribution is 2.37. The monoisotopic (exact) mass is 352 g/mol. The zero-order valence-electron chi connectivity index (χ0n) is 13.9. The molecule has 0 unspecified atom stereocenters. The lowest BCUT2D eigenvalue weighted by Gasteiger charge is -2.26. The summed E-state index contributed by atoms with van der Waals surface area (Å²) in [5.74, 6) is -0.288. The van der Waals surface area contributed by atoms with Gasteiger partial charge in [-0.25, -0.2) is 0 Å². The Hall–Kier alpha value is -2.28. The molecule has 1 aliphatic heterocycles. The van der Waals surface area contributed by atoms with Gasteiger partial charge in [0.2, 0.25) is 0 Å². The SMILES string of the molecule is Cc1ccn(C)c1C(=O)N1C[C@@H](O)C[C@H]1c1cccc(C(F)(F)F)c1. The van der Waals surface area contributed by atoms with Crippen LogP contribution in [0.2, 0.25) is 0 Å². The van der Waals surface area contributed by atoms with Gasteiger partial charge in [0.25, 0.3) is 5.91 Å². The van der Waals surface area contributed by atoms with Gasteiger partial charge in [-0.3, -0.25) is 4.79 Å². The second-order valence-corrected chi connectivity index (χ2v) is 6.44. The molecule has 134 valence electrons. The van der Waals surface area contributed by atoms with Crippen molar-refractivity contribution in [3.05, 3.63) is 58.9 Å². The smallest absolute Gasteiger partial charge is 0.391 e. The molecule has 7 heteroatoms. The molecule has 1 N–H and O–H groups in total. The summed E-state index contributed by atoms with van der Waals surface area (Å²) in [5.41, 5.74) is 0.892. The molecular formula is C18H19F3N2O2. The first-order valence-corrected chi connectivity index (χ1v) is 7.96. The standard InChI is InChI=1S/C18H19F3N2O2/c1-11-6-7-22(2)16(11)17(25)23-10-14(24)9-15(23)12-4-3-5-13(8-12)18(19,20)21/h3-8,14-15,24H,9-10H2,1-2H3/t14-,15-/m0/s1. The van der Waals surface area contributed by atoms with Gasteiger partial charge in [0.1, 0.15) is 5.69 Å². The van der Waals surface area contributed by atoms with Crippen LogP contribution in [-0.4, -0.2) is 33.1 Å². The Labute approximate surface area is 143 Å². The highest BCUT2D eigenvalue weighted by molar-refractivity contribution is 5.94. The molecule has 1 aromatic heterocycles. The van der Waals surface area contributed by atoms with Crippen LogP contribution in [-0.2, 0) is 13.2 Å². The number of hydrogen-bond acceptors (Lipinski definition) is 2. The number of benzene rings is 1. The van der Waals surface area contributed by atoms with E-state index < -0.39 is 23.9 Å². The summed E-state index contributed by atoms with van der Waals surface area (Å²) in [6, 6.07) is 6.18. The van der Waals surface area contributed by atoms with Crippen LogP contribution in [0.3, 0.4) is 0 Å². The van der Waals surface area contributed by atoms with Crippen LogP contribution in [0.15, 0.2) is 36.5 Å². The van der Waals surface area contributed by atoms with E-state index in [4.69, 9.17) is 0 Å². The largest absolute Gasteiger partial charge is 0.416 e. The normalized spacial score (nSPS) is 21.0. The number of carbonyl (C=O) groups is 1. The summed E-state index contributed by atoms with van der Waals surface area (Å²) in [4.78, 5) is 14.4. The summed E-state index contributed by atoms with van der Waals surface area (Å²) < 4.78 is 40.6. The molecule has 0 bridgehead atoms. The predicted molar refractivity (Wildman–Crippen MR) is 86.0 cm³/mol. The fraction of sp³-hybridized carbons (Fsp3) is 0.389. The van der Waals surface area contributed by atoms with Crippen LogP contribution in [0.5, 0.6) is 0 Å². The maximum Gasteiger partial charge on any atom is 0.416 e. The van der Waals surface area contributed by atoms with Crippen molar-refractivity contribution in [2.24, 2.45) is 7.05 Å². The quantitative estimate of drug-likeness (QED) is 0.901. The fourth-order valence-corrected chi connectivity index (χ4v) is 3.39. The maximum absolute atomic E-state index is 13.0. The van der Waals surface area contributed by atoms with Crippen LogP contribution in [0, 0.1) is 6.92 Å². The minimum atomic E-state index is -4.45. The first-order valence-electron chi connectivity index (χ1n) is 7.96. The van der Waals surface area contributed by atoms with E-state index in [0.29, 0.717) is 11.3 Å². The predicted octanol–water partition coefficient (Wildman–Crippen LogP) is 3.30. The molecule has 0 saturated carbocycles. The molecule has 1 amide bonds. The molecule has 4 nitrogen and oxygen atoms in total. The van der Waals surface area contributed by atoms with E-state index in [1.54, 1.807) is 36.9 Å². The highest BCUT2D eigenvalue weighted by atomic mass is 19.4. The second-order valence-electron chi connectivity index (χ2n) is 6.44. The zero-order valence-corrected chi connectivity index (χ0v) is 13.9. The minimum absolute atomic E-state index is 0.102. The molecule has 3 rings (SSSR count). The Morgan fingerprint density at radius 1 is 1.28 bits per heavy atom. The molecule has 1 aliphatic rings. The molecule has 1 fully saturated rings. The number of β-amino-alcohol motifs (C(OH)–C–C–N with tert-alkyl or cyclic N) is 1. The lowest BCUT2D eigenvalue weighted by molar-refractivity contribution is -0.137. The van der Waals surface area contributed by atoms with E-state index in [0.717, 1.165) is 17.7 Å². The molecule has 0 spiro atoms. The van der Waals surface area contributed by atoms with Crippen molar-refractivity contribution in [1.29, 1.82) is 0 Å². The van der Waals surface area contributed by atoms with Gasteiger partial charge < -0.3 is 14.6 Å². The van der Waals surface area contributed by atoms with Crippen LogP contribution in [0.1, 0.15) is 39.6 Å². The van der Waals surface area contributed by atoms with Crippen molar-refractivity contribution >= 4 is 5.91 Å². The first-order chi connectivity index (χ1) is 11.7. The van der Waals surface area contributed by atoms with Crippen molar-refractivity contribution in [1.82, 2.24) is 9.47 Å². The Morgan fingerprint density at radius 3 is 2.60 bits per heavy atom. The number of halogens is 3. The number of alkyl halides is 3. The van der Waals surface area contributed by atoms with Gasteiger partial charge in [-0.2, -0.15) is 13.2 Å². The topological polar surface area (TPSA) is 45.5 Å². The number of rotatable bonds is 2. The number of amides is 1. The fourth-order valence-electron chi connectivity index (χ4n) is 3.39. The third-order valence-electron chi connectivity index (χ3n) is 4.62. The number of aryl methyl sites for hydroxylation is 2. The lowest BCUT2D eigenvalue weighted by atomic mass is 10.0. The lowest BCUT2D eigenvalue weighted by Crippen LogP contribution is -2.33. The molecule has 0 aliphatic carbocycles. The summed E-state index contributed by atoms with van der Waals surface area (Å²) >= 11 is 0. The summed E-state index contributed by atoms with van der Waals surface area (Å²) in [7, 11) is 1.74. The van der Waals surface area contributed by atoms with E-state index in [1.807, 2.05) is 0 Å². The van der Waals surface area contributed by atoms with Gasteiger partial charge >= 0.3 is 6.18 Å². The number of aromatic nitrogens is 1. The van der Waals surface area contributed by atoms with Crippen molar-refractivity contribution < 1.29 is 23.1 Å². The third-order valence-corrected chi connectivity index (χ3v) is 4.62. The van der Waals surface area contributed by atoms with Crippen LogP contribution in [0.4, 0.5) is 13.2 Å². The van der Waals surface area contributed by atoms with Crippen LogP contribution < -0.4 is 0 Å². The van der Waals surface area contributed by atoms with E-state index in [9.17, 15) is 23.1 Å². The number of hydrogen-bond donors (Lipinski definition) is 1. The number of aliphatic hydroxyl groups excluding tert-OH is 1. The number of aliphatic hydroxyl groups is 1. The first kappa shape index (κ1) is 17.5. The Kier molecular flexibility index (Phi) is 4.36. The van der Waals surface area contributed by atoms with Gasteiger partial charge in [0.15, 0.2) is 0 Å². The van der Waals surface area contributed by atoms with Crippen LogP contribution in [0.25, 0.3) is 0 Å². The number of carbonyl (C=O) groups excluding carboxylic acids is 1. The van der Waals surface area contributed by atoms with Crippen molar-refractivity contribution in [2.45, 2.75) is 31.7 Å².